The molecule has 2 aromatic rings. The molecule has 0 aliphatic heterocycles. The van der Waals surface area contributed by atoms with Gasteiger partial charge in [0.25, 0.3) is 0 Å². The van der Waals surface area contributed by atoms with Crippen LogP contribution < -0.4 is 20.0 Å². The number of rotatable bonds is 10. The van der Waals surface area contributed by atoms with Crippen molar-refractivity contribution in [1.29, 1.82) is 10.5 Å². The molecule has 0 spiro atoms. The maximum Gasteiger partial charge on any atom is 0.176 e. The van der Waals surface area contributed by atoms with Crippen LogP contribution in [0.3, 0.4) is 0 Å². The van der Waals surface area contributed by atoms with Gasteiger partial charge in [0, 0.05) is 104 Å². The maximum atomic E-state index is 12.4. The molecule has 0 atom stereocenters. The molecule has 0 aliphatic carbocycles. The van der Waals surface area contributed by atoms with E-state index < -0.39 is 10.8 Å². The normalized spacial score (nSPS) is 10.7. The van der Waals surface area contributed by atoms with Crippen LogP contribution in [-0.4, -0.2) is 55.3 Å². The maximum absolute atomic E-state index is 12.4. The van der Waals surface area contributed by atoms with Gasteiger partial charge in [0.15, 0.2) is 11.4 Å². The number of nitriles is 2. The summed E-state index contributed by atoms with van der Waals surface area (Å²) in [6.07, 6.45) is 5.77. The minimum absolute atomic E-state index is 0. The molecule has 0 N–H and O–H groups in total. The fourth-order valence-corrected chi connectivity index (χ4v) is 3.38. The first-order valence-corrected chi connectivity index (χ1v) is 14.1. The largest absolute Gasteiger partial charge is 2.00 e. The second-order valence-corrected chi connectivity index (χ2v) is 9.45. The summed E-state index contributed by atoms with van der Waals surface area (Å²) in [5.74, 6) is -0.478. The molecule has 0 saturated heterocycles. The van der Waals surface area contributed by atoms with Crippen molar-refractivity contribution in [2.24, 2.45) is 9.98 Å². The van der Waals surface area contributed by atoms with Gasteiger partial charge in [-0.2, -0.15) is 10.5 Å². The first kappa shape index (κ1) is 42.3. The van der Waals surface area contributed by atoms with Crippen LogP contribution in [0.1, 0.15) is 38.8 Å². The summed E-state index contributed by atoms with van der Waals surface area (Å²) < 4.78 is 9.56. The molecule has 2 aromatic carbocycles. The number of anilines is 2. The fourth-order valence-electron chi connectivity index (χ4n) is 3.38. The standard InChI is InChI=1S/C26H30N6O2.C2H6OS.2O.U/c1-5-31(6-2)21-11-9-19(25(33)13-21)17-29-23(15-27)24(16-28)30-18-20-10-12-22(14-26(20)34)32(7-3)8-4;1-4(2)3;;;/h9-14,17-18,33-34H,5-8H2,1-4H3;1-2H3;;;/q;;2*-2;/p-2/b24-23-,29-17?,30-18?;;;;. The summed E-state index contributed by atoms with van der Waals surface area (Å²) in [5.41, 5.74) is 1.70. The van der Waals surface area contributed by atoms with E-state index in [0.717, 1.165) is 37.6 Å². The van der Waals surface area contributed by atoms with Crippen molar-refractivity contribution in [2.45, 2.75) is 27.7 Å². The topological polar surface area (TPSA) is 199 Å². The minimum Gasteiger partial charge on any atom is -2.00 e. The Balaban J connectivity index is -0.00000193. The Labute approximate surface area is 269 Å². The number of hydrogen-bond donors (Lipinski definition) is 0. The average molecular weight is 805 g/mol. The number of allylic oxidation sites excluding steroid dienone is 2. The van der Waals surface area contributed by atoms with E-state index in [0.29, 0.717) is 11.1 Å². The van der Waals surface area contributed by atoms with E-state index in [1.807, 2.05) is 61.8 Å². The van der Waals surface area contributed by atoms with E-state index in [2.05, 4.69) is 9.98 Å². The molecule has 0 unspecified atom stereocenters. The van der Waals surface area contributed by atoms with Crippen LogP contribution in [0, 0.1) is 53.8 Å². The van der Waals surface area contributed by atoms with Crippen LogP contribution >= 0.6 is 0 Å². The summed E-state index contributed by atoms with van der Waals surface area (Å²) in [4.78, 5) is 12.1. The Kier molecular flexibility index (Phi) is 23.2. The second-order valence-electron chi connectivity index (χ2n) is 7.97. The summed E-state index contributed by atoms with van der Waals surface area (Å²) in [5, 5.41) is 43.8. The number of hydrogen-bond acceptors (Lipinski definition) is 9. The van der Waals surface area contributed by atoms with Crippen LogP contribution in [0.2, 0.25) is 0 Å². The Bertz CT molecular complexity index is 1180. The Morgan fingerprint density at radius 3 is 1.29 bits per heavy atom. The molecule has 0 fully saturated rings. The van der Waals surface area contributed by atoms with Crippen LogP contribution in [0.25, 0.3) is 0 Å². The fraction of sp³-hybridized carbons (Fsp3) is 0.357. The van der Waals surface area contributed by atoms with Crippen molar-refractivity contribution in [3.05, 3.63) is 58.9 Å². The van der Waals surface area contributed by atoms with Gasteiger partial charge in [-0.25, -0.2) is 9.98 Å². The molecule has 0 radical (unpaired) electrons. The van der Waals surface area contributed by atoms with Gasteiger partial charge in [-0.3, -0.25) is 4.21 Å². The van der Waals surface area contributed by atoms with Crippen molar-refractivity contribution in [2.75, 3.05) is 48.5 Å². The van der Waals surface area contributed by atoms with E-state index in [9.17, 15) is 24.9 Å². The van der Waals surface area contributed by atoms with Gasteiger partial charge in [0.2, 0.25) is 0 Å². The van der Waals surface area contributed by atoms with Gasteiger partial charge in [0.05, 0.1) is 0 Å². The third kappa shape index (κ3) is 13.8. The Hall–Kier alpha value is -3.18. The van der Waals surface area contributed by atoms with Crippen LogP contribution in [-0.2, 0) is 21.8 Å². The zero-order valence-electron chi connectivity index (χ0n) is 24.1. The third-order valence-electron chi connectivity index (χ3n) is 5.35. The van der Waals surface area contributed by atoms with Crippen molar-refractivity contribution in [3.63, 3.8) is 0 Å². The molecule has 41 heavy (non-hydrogen) atoms. The molecule has 0 aromatic heterocycles. The molecule has 13 heteroatoms. The molecule has 0 aliphatic rings. The predicted octanol–water partition coefficient (Wildman–Crippen LogP) is 3.08. The quantitative estimate of drug-likeness (QED) is 0.260. The zero-order valence-corrected chi connectivity index (χ0v) is 29.1. The van der Waals surface area contributed by atoms with E-state index >= 15 is 0 Å². The third-order valence-corrected chi connectivity index (χ3v) is 5.35. The first-order valence-electron chi connectivity index (χ1n) is 12.1. The average Bonchev–Trinajstić information content (AvgIpc) is 2.89. The molecule has 11 nitrogen and oxygen atoms in total. The van der Waals surface area contributed by atoms with Crippen LogP contribution in [0.15, 0.2) is 57.8 Å². The molecule has 0 bridgehead atoms. The van der Waals surface area contributed by atoms with Crippen molar-refractivity contribution in [3.8, 4) is 23.6 Å². The van der Waals surface area contributed by atoms with Crippen molar-refractivity contribution in [1.82, 2.24) is 0 Å². The van der Waals surface area contributed by atoms with Crippen molar-refractivity contribution < 1.29 is 56.5 Å². The van der Waals surface area contributed by atoms with E-state index in [1.165, 1.54) is 24.6 Å². The van der Waals surface area contributed by atoms with Gasteiger partial charge in [-0.1, -0.05) is 23.6 Å². The van der Waals surface area contributed by atoms with E-state index in [4.69, 9.17) is 0 Å². The van der Waals surface area contributed by atoms with Gasteiger partial charge >= 0.3 is 0 Å². The van der Waals surface area contributed by atoms with Gasteiger partial charge in [-0.15, -0.1) is 0 Å². The van der Waals surface area contributed by atoms with E-state index in [-0.39, 0.29) is 65.0 Å². The molecule has 222 valence electrons. The SMILES string of the molecule is CCN(CC)c1ccc(C=N/C(C#N)=C(/C#N)N=Cc2ccc(N(CC)CC)cc2[O-])c([O-])c1.CS(C)=O.[O-2].[O-2].[U]. The molecular formula is C28H34N6O5SU-6. The summed E-state index contributed by atoms with van der Waals surface area (Å²) in [7, 11) is -0.611. The smallest absolute Gasteiger partial charge is 0.176 e. The Morgan fingerprint density at radius 2 is 1.07 bits per heavy atom. The number of nitrogens with zero attached hydrogens (tertiary/aromatic N) is 6. The van der Waals surface area contributed by atoms with Gasteiger partial charge in [-0.05, 0) is 63.1 Å². The van der Waals surface area contributed by atoms with Crippen molar-refractivity contribution >= 4 is 34.6 Å². The van der Waals surface area contributed by atoms with Gasteiger partial charge < -0.3 is 31.0 Å². The van der Waals surface area contributed by atoms with E-state index in [1.54, 1.807) is 24.6 Å². The summed E-state index contributed by atoms with van der Waals surface area (Å²) in [6, 6.07) is 13.6. The molecular weight excluding hydrogens is 770 g/mol. The molecule has 0 heterocycles. The predicted molar refractivity (Wildman–Crippen MR) is 154 cm³/mol. The van der Waals surface area contributed by atoms with Crippen LogP contribution in [0.4, 0.5) is 11.4 Å². The second kappa shape index (κ2) is 22.5. The molecule has 0 saturated carbocycles. The summed E-state index contributed by atoms with van der Waals surface area (Å²) >= 11 is 0. The minimum atomic E-state index is -0.611. The monoisotopic (exact) mass is 804 g/mol. The molecule has 0 amide bonds. The molecule has 2 rings (SSSR count). The van der Waals surface area contributed by atoms with Gasteiger partial charge in [0.1, 0.15) is 12.1 Å². The number of aliphatic imine (C=N–C) groups is 2. The first-order chi connectivity index (χ1) is 18.1. The van der Waals surface area contributed by atoms with Crippen LogP contribution in [0.5, 0.6) is 11.5 Å². The summed E-state index contributed by atoms with van der Waals surface area (Å²) in [6.45, 7) is 11.1. The Morgan fingerprint density at radius 1 is 0.780 bits per heavy atom. The zero-order chi connectivity index (χ0) is 28.7. The number of benzene rings is 2.